The lowest BCUT2D eigenvalue weighted by molar-refractivity contribution is 0.0158. The van der Waals surface area contributed by atoms with E-state index in [1.54, 1.807) is 0 Å². The van der Waals surface area contributed by atoms with Crippen molar-refractivity contribution in [2.45, 2.75) is 103 Å². The lowest BCUT2D eigenvalue weighted by Crippen LogP contribution is -2.27. The Morgan fingerprint density at radius 2 is 1.18 bits per heavy atom. The first-order valence-corrected chi connectivity index (χ1v) is 7.91. The van der Waals surface area contributed by atoms with Crippen molar-refractivity contribution in [3.05, 3.63) is 0 Å². The second kappa shape index (κ2) is 11.1. The minimum absolute atomic E-state index is 0.364. The van der Waals surface area contributed by atoms with Gasteiger partial charge in [-0.05, 0) is 19.3 Å². The molecule has 1 unspecified atom stereocenters. The summed E-state index contributed by atoms with van der Waals surface area (Å²) in [7, 11) is 0. The molecule has 1 heteroatoms. The lowest BCUT2D eigenvalue weighted by atomic mass is 9.89. The Morgan fingerprint density at radius 3 is 1.65 bits per heavy atom. The number of aliphatic hydroxyl groups is 1. The molecule has 0 aliphatic heterocycles. The van der Waals surface area contributed by atoms with E-state index in [4.69, 9.17) is 0 Å². The van der Waals surface area contributed by atoms with Crippen LogP contribution in [0, 0.1) is 0 Å². The van der Waals surface area contributed by atoms with Gasteiger partial charge in [-0.2, -0.15) is 0 Å². The normalized spacial score (nSPS) is 14.8. The molecule has 0 spiro atoms. The van der Waals surface area contributed by atoms with E-state index in [0.29, 0.717) is 0 Å². The van der Waals surface area contributed by atoms with Crippen LogP contribution in [0.25, 0.3) is 0 Å². The zero-order valence-corrected chi connectivity index (χ0v) is 12.4. The van der Waals surface area contributed by atoms with Crippen molar-refractivity contribution >= 4 is 0 Å². The molecule has 0 saturated carbocycles. The summed E-state index contributed by atoms with van der Waals surface area (Å²) >= 11 is 0. The third-order valence-electron chi connectivity index (χ3n) is 3.87. The van der Waals surface area contributed by atoms with Crippen LogP contribution in [0.5, 0.6) is 0 Å². The van der Waals surface area contributed by atoms with Crippen LogP contribution in [-0.2, 0) is 0 Å². The minimum atomic E-state index is -0.364. The van der Waals surface area contributed by atoms with E-state index in [0.717, 1.165) is 25.7 Å². The number of hydrogen-bond donors (Lipinski definition) is 1. The largest absolute Gasteiger partial charge is 0.390 e. The molecule has 1 nitrogen and oxygen atoms in total. The van der Waals surface area contributed by atoms with E-state index in [2.05, 4.69) is 20.8 Å². The molecule has 1 atom stereocenters. The molecule has 17 heavy (non-hydrogen) atoms. The maximum absolute atomic E-state index is 10.3. The van der Waals surface area contributed by atoms with E-state index in [-0.39, 0.29) is 5.60 Å². The van der Waals surface area contributed by atoms with Gasteiger partial charge in [-0.25, -0.2) is 0 Å². The lowest BCUT2D eigenvalue weighted by Gasteiger charge is -2.26. The molecule has 0 rings (SSSR count). The standard InChI is InChI=1S/C16H34O/c1-4-7-8-9-10-11-12-13-15-16(17,6-3)14-5-2/h17H,4-15H2,1-3H3. The van der Waals surface area contributed by atoms with E-state index < -0.39 is 0 Å². The molecule has 0 radical (unpaired) electrons. The number of rotatable bonds is 12. The second-order valence-electron chi connectivity index (χ2n) is 5.55. The average Bonchev–Trinajstić information content (AvgIpc) is 2.33. The van der Waals surface area contributed by atoms with Crippen LogP contribution in [0.3, 0.4) is 0 Å². The Bertz CT molecular complexity index is 156. The highest BCUT2D eigenvalue weighted by atomic mass is 16.3. The molecule has 0 aromatic rings. The Kier molecular flexibility index (Phi) is 11.0. The minimum Gasteiger partial charge on any atom is -0.390 e. The molecule has 1 N–H and O–H groups in total. The molecule has 0 amide bonds. The van der Waals surface area contributed by atoms with Crippen LogP contribution in [0.15, 0.2) is 0 Å². The van der Waals surface area contributed by atoms with Crippen molar-refractivity contribution in [3.8, 4) is 0 Å². The molecular formula is C16H34O. The fourth-order valence-corrected chi connectivity index (χ4v) is 2.53. The first kappa shape index (κ1) is 17.0. The molecule has 0 aromatic heterocycles. The van der Waals surface area contributed by atoms with Crippen molar-refractivity contribution < 1.29 is 5.11 Å². The average molecular weight is 242 g/mol. The highest BCUT2D eigenvalue weighted by Gasteiger charge is 2.22. The summed E-state index contributed by atoms with van der Waals surface area (Å²) < 4.78 is 0. The van der Waals surface area contributed by atoms with Gasteiger partial charge in [0.15, 0.2) is 0 Å². The van der Waals surface area contributed by atoms with Gasteiger partial charge in [0.1, 0.15) is 0 Å². The van der Waals surface area contributed by atoms with Gasteiger partial charge in [-0.3, -0.25) is 0 Å². The molecule has 0 aliphatic rings. The van der Waals surface area contributed by atoms with E-state index in [1.165, 1.54) is 51.4 Å². The molecule has 0 aromatic carbocycles. The van der Waals surface area contributed by atoms with Crippen molar-refractivity contribution in [2.75, 3.05) is 0 Å². The first-order chi connectivity index (χ1) is 8.18. The van der Waals surface area contributed by atoms with E-state index in [9.17, 15) is 5.11 Å². The summed E-state index contributed by atoms with van der Waals surface area (Å²) in [5.74, 6) is 0. The van der Waals surface area contributed by atoms with Crippen LogP contribution >= 0.6 is 0 Å². The maximum Gasteiger partial charge on any atom is 0.0645 e. The number of unbranched alkanes of at least 4 members (excludes halogenated alkanes) is 7. The summed E-state index contributed by atoms with van der Waals surface area (Å²) in [6.45, 7) is 6.54. The maximum atomic E-state index is 10.3. The third kappa shape index (κ3) is 9.64. The molecule has 0 fully saturated rings. The van der Waals surface area contributed by atoms with Gasteiger partial charge in [-0.1, -0.05) is 78.6 Å². The molecule has 0 heterocycles. The van der Waals surface area contributed by atoms with Gasteiger partial charge in [0.25, 0.3) is 0 Å². The Labute approximate surface area is 109 Å². The van der Waals surface area contributed by atoms with Crippen LogP contribution in [0.1, 0.15) is 97.8 Å². The number of hydrogen-bond acceptors (Lipinski definition) is 1. The van der Waals surface area contributed by atoms with Crippen molar-refractivity contribution in [3.63, 3.8) is 0 Å². The van der Waals surface area contributed by atoms with Crippen LogP contribution in [0.4, 0.5) is 0 Å². The SMILES string of the molecule is CCCCCCCCCCC(O)(CC)CCC. The summed E-state index contributed by atoms with van der Waals surface area (Å²) in [5, 5.41) is 10.3. The Hall–Kier alpha value is -0.0400. The van der Waals surface area contributed by atoms with Crippen LogP contribution in [0.2, 0.25) is 0 Å². The fourth-order valence-electron chi connectivity index (χ4n) is 2.53. The van der Waals surface area contributed by atoms with Gasteiger partial charge in [0.2, 0.25) is 0 Å². The highest BCUT2D eigenvalue weighted by molar-refractivity contribution is 4.75. The third-order valence-corrected chi connectivity index (χ3v) is 3.87. The van der Waals surface area contributed by atoms with Gasteiger partial charge < -0.3 is 5.11 Å². The topological polar surface area (TPSA) is 20.2 Å². The fraction of sp³-hybridized carbons (Fsp3) is 1.00. The smallest absolute Gasteiger partial charge is 0.0645 e. The van der Waals surface area contributed by atoms with Crippen molar-refractivity contribution in [1.82, 2.24) is 0 Å². The molecule has 0 saturated heterocycles. The Balaban J connectivity index is 3.37. The molecule has 0 aliphatic carbocycles. The molecule has 0 bridgehead atoms. The summed E-state index contributed by atoms with van der Waals surface area (Å²) in [5.41, 5.74) is -0.364. The van der Waals surface area contributed by atoms with Crippen LogP contribution < -0.4 is 0 Å². The van der Waals surface area contributed by atoms with Crippen molar-refractivity contribution in [1.29, 1.82) is 0 Å². The van der Waals surface area contributed by atoms with E-state index in [1.807, 2.05) is 0 Å². The van der Waals surface area contributed by atoms with Gasteiger partial charge >= 0.3 is 0 Å². The summed E-state index contributed by atoms with van der Waals surface area (Å²) in [6, 6.07) is 0. The van der Waals surface area contributed by atoms with E-state index >= 15 is 0 Å². The molecule has 104 valence electrons. The summed E-state index contributed by atoms with van der Waals surface area (Å²) in [6.07, 6.45) is 14.8. The summed E-state index contributed by atoms with van der Waals surface area (Å²) in [4.78, 5) is 0. The second-order valence-corrected chi connectivity index (χ2v) is 5.55. The zero-order valence-electron chi connectivity index (χ0n) is 12.4. The van der Waals surface area contributed by atoms with Crippen LogP contribution in [-0.4, -0.2) is 10.7 Å². The van der Waals surface area contributed by atoms with Gasteiger partial charge in [-0.15, -0.1) is 0 Å². The monoisotopic (exact) mass is 242 g/mol. The predicted octanol–water partition coefficient (Wildman–Crippen LogP) is 5.46. The first-order valence-electron chi connectivity index (χ1n) is 7.91. The predicted molar refractivity (Wildman–Crippen MR) is 77.4 cm³/mol. The quantitative estimate of drug-likeness (QED) is 0.451. The Morgan fingerprint density at radius 1 is 0.647 bits per heavy atom. The van der Waals surface area contributed by atoms with Gasteiger partial charge in [0, 0.05) is 0 Å². The molecular weight excluding hydrogens is 208 g/mol. The zero-order chi connectivity index (χ0) is 13.0. The van der Waals surface area contributed by atoms with Crippen molar-refractivity contribution in [2.24, 2.45) is 0 Å². The van der Waals surface area contributed by atoms with Gasteiger partial charge in [0.05, 0.1) is 5.60 Å². The highest BCUT2D eigenvalue weighted by Crippen LogP contribution is 2.24.